The molecule has 0 spiro atoms. The smallest absolute Gasteiger partial charge is 0.161 e. The Morgan fingerprint density at radius 1 is 1.41 bits per heavy atom. The van der Waals surface area contributed by atoms with Crippen molar-refractivity contribution in [1.82, 2.24) is 9.55 Å². The van der Waals surface area contributed by atoms with E-state index < -0.39 is 11.6 Å². The highest BCUT2D eigenvalue weighted by Gasteiger charge is 2.13. The van der Waals surface area contributed by atoms with Crippen LogP contribution in [0.3, 0.4) is 0 Å². The number of halogens is 2. The number of rotatable bonds is 3. The number of nitrogens with two attached hydrogens (primary N) is 1. The van der Waals surface area contributed by atoms with E-state index in [0.717, 1.165) is 12.1 Å². The van der Waals surface area contributed by atoms with Gasteiger partial charge < -0.3 is 10.3 Å². The predicted molar refractivity (Wildman–Crippen MR) is 65.8 cm³/mol. The van der Waals surface area contributed by atoms with E-state index in [-0.39, 0.29) is 11.5 Å². The van der Waals surface area contributed by atoms with Crippen molar-refractivity contribution in [2.75, 3.05) is 0 Å². The average Bonchev–Trinajstić information content (AvgIpc) is 2.57. The van der Waals surface area contributed by atoms with E-state index in [4.69, 9.17) is 18.0 Å². The van der Waals surface area contributed by atoms with Crippen molar-refractivity contribution in [3.63, 3.8) is 0 Å². The van der Waals surface area contributed by atoms with Crippen molar-refractivity contribution in [2.45, 2.75) is 19.9 Å². The molecule has 1 aromatic carbocycles. The van der Waals surface area contributed by atoms with Crippen molar-refractivity contribution in [2.24, 2.45) is 5.73 Å². The van der Waals surface area contributed by atoms with E-state index >= 15 is 0 Å². The van der Waals surface area contributed by atoms with Crippen molar-refractivity contribution in [3.8, 4) is 0 Å². The molecule has 0 amide bonds. The highest BCUT2D eigenvalue weighted by molar-refractivity contribution is 7.80. The first kappa shape index (κ1) is 11.9. The first-order valence-electron chi connectivity index (χ1n) is 5.15. The number of aromatic nitrogens is 2. The highest BCUT2D eigenvalue weighted by atomic mass is 32.1. The summed E-state index contributed by atoms with van der Waals surface area (Å²) in [5.41, 5.74) is 6.40. The maximum absolute atomic E-state index is 13.2. The third kappa shape index (κ3) is 2.12. The van der Waals surface area contributed by atoms with Gasteiger partial charge in [-0.3, -0.25) is 0 Å². The van der Waals surface area contributed by atoms with Gasteiger partial charge in [-0.2, -0.15) is 0 Å². The molecule has 1 aromatic heterocycles. The topological polar surface area (TPSA) is 43.8 Å². The maximum Gasteiger partial charge on any atom is 0.161 e. The fourth-order valence-corrected chi connectivity index (χ4v) is 1.90. The Balaban J connectivity index is 2.69. The van der Waals surface area contributed by atoms with Crippen LogP contribution in [0.15, 0.2) is 12.1 Å². The van der Waals surface area contributed by atoms with Crippen LogP contribution in [0.25, 0.3) is 11.0 Å². The SMILES string of the molecule is CCc1nc2cc(F)c(F)cc2n1CC(N)=S. The molecule has 90 valence electrons. The van der Waals surface area contributed by atoms with Crippen LogP contribution >= 0.6 is 12.2 Å². The molecule has 0 saturated heterocycles. The number of fused-ring (bicyclic) bond motifs is 1. The lowest BCUT2D eigenvalue weighted by molar-refractivity contribution is 0.510. The number of hydrogen-bond donors (Lipinski definition) is 1. The van der Waals surface area contributed by atoms with Crippen molar-refractivity contribution in [1.29, 1.82) is 0 Å². The minimum atomic E-state index is -0.903. The second-order valence-corrected chi connectivity index (χ2v) is 4.21. The molecule has 17 heavy (non-hydrogen) atoms. The van der Waals surface area contributed by atoms with Gasteiger partial charge in [-0.1, -0.05) is 19.1 Å². The largest absolute Gasteiger partial charge is 0.392 e. The molecule has 6 heteroatoms. The molecular weight excluding hydrogens is 244 g/mol. The number of nitrogens with zero attached hydrogens (tertiary/aromatic N) is 2. The Labute approximate surface area is 102 Å². The molecule has 0 aliphatic carbocycles. The summed E-state index contributed by atoms with van der Waals surface area (Å²) in [6.45, 7) is 2.18. The van der Waals surface area contributed by atoms with Crippen LogP contribution in [0, 0.1) is 11.6 Å². The zero-order chi connectivity index (χ0) is 12.6. The van der Waals surface area contributed by atoms with Crippen LogP contribution in [0.4, 0.5) is 8.78 Å². The van der Waals surface area contributed by atoms with Crippen LogP contribution in [0.1, 0.15) is 12.7 Å². The van der Waals surface area contributed by atoms with E-state index in [2.05, 4.69) is 4.98 Å². The van der Waals surface area contributed by atoms with Crippen LogP contribution < -0.4 is 5.73 Å². The van der Waals surface area contributed by atoms with E-state index in [1.165, 1.54) is 0 Å². The van der Waals surface area contributed by atoms with E-state index in [9.17, 15) is 8.78 Å². The normalized spacial score (nSPS) is 11.0. The van der Waals surface area contributed by atoms with Crippen molar-refractivity contribution < 1.29 is 8.78 Å². The predicted octanol–water partition coefficient (Wildman–Crippen LogP) is 2.16. The molecule has 0 saturated carbocycles. The molecule has 2 N–H and O–H groups in total. The molecule has 0 radical (unpaired) electrons. The van der Waals surface area contributed by atoms with Gasteiger partial charge >= 0.3 is 0 Å². The van der Waals surface area contributed by atoms with Gasteiger partial charge in [0, 0.05) is 18.6 Å². The summed E-state index contributed by atoms with van der Waals surface area (Å²) in [5.74, 6) is -1.10. The fourth-order valence-electron chi connectivity index (χ4n) is 1.77. The number of imidazole rings is 1. The second-order valence-electron chi connectivity index (χ2n) is 3.69. The van der Waals surface area contributed by atoms with Gasteiger partial charge in [-0.25, -0.2) is 13.8 Å². The molecular formula is C11H11F2N3S. The molecule has 2 rings (SSSR count). The second kappa shape index (κ2) is 4.37. The molecule has 0 unspecified atom stereocenters. The maximum atomic E-state index is 13.2. The zero-order valence-corrected chi connectivity index (χ0v) is 10.0. The summed E-state index contributed by atoms with van der Waals surface area (Å²) < 4.78 is 28.0. The Hall–Kier alpha value is -1.56. The molecule has 0 bridgehead atoms. The Kier molecular flexibility index (Phi) is 3.06. The van der Waals surface area contributed by atoms with Crippen LogP contribution in [-0.2, 0) is 13.0 Å². The average molecular weight is 255 g/mol. The summed E-state index contributed by atoms with van der Waals surface area (Å²) in [6.07, 6.45) is 0.639. The first-order valence-corrected chi connectivity index (χ1v) is 5.56. The van der Waals surface area contributed by atoms with Gasteiger partial charge in [0.15, 0.2) is 11.6 Å². The van der Waals surface area contributed by atoms with Gasteiger partial charge in [0.05, 0.1) is 22.6 Å². The Bertz CT molecular complexity index is 592. The monoisotopic (exact) mass is 255 g/mol. The Morgan fingerprint density at radius 3 is 2.65 bits per heavy atom. The molecule has 0 aliphatic heterocycles. The lowest BCUT2D eigenvalue weighted by atomic mass is 10.3. The summed E-state index contributed by atoms with van der Waals surface area (Å²) in [4.78, 5) is 4.51. The zero-order valence-electron chi connectivity index (χ0n) is 9.20. The molecule has 0 aliphatic rings. The highest BCUT2D eigenvalue weighted by Crippen LogP contribution is 2.20. The number of aryl methyl sites for hydroxylation is 1. The van der Waals surface area contributed by atoms with Gasteiger partial charge in [0.1, 0.15) is 5.82 Å². The summed E-state index contributed by atoms with van der Waals surface area (Å²) >= 11 is 4.83. The fraction of sp³-hybridized carbons (Fsp3) is 0.273. The third-order valence-corrected chi connectivity index (χ3v) is 2.63. The summed E-state index contributed by atoms with van der Waals surface area (Å²) in [7, 11) is 0. The van der Waals surface area contributed by atoms with Crippen LogP contribution in [-0.4, -0.2) is 14.5 Å². The number of hydrogen-bond acceptors (Lipinski definition) is 2. The van der Waals surface area contributed by atoms with Crippen molar-refractivity contribution in [3.05, 3.63) is 29.6 Å². The van der Waals surface area contributed by atoms with Crippen molar-refractivity contribution >= 4 is 28.2 Å². The third-order valence-electron chi connectivity index (χ3n) is 2.50. The molecule has 1 heterocycles. The lowest BCUT2D eigenvalue weighted by Crippen LogP contribution is -2.18. The standard InChI is InChI=1S/C11H11F2N3S/c1-2-11-15-8-3-6(12)7(13)4-9(8)16(11)5-10(14)17/h3-4H,2,5H2,1H3,(H2,14,17). The molecule has 0 atom stereocenters. The first-order chi connectivity index (χ1) is 8.02. The van der Waals surface area contributed by atoms with Gasteiger partial charge in [-0.15, -0.1) is 0 Å². The quantitative estimate of drug-likeness (QED) is 0.855. The van der Waals surface area contributed by atoms with Gasteiger partial charge in [0.2, 0.25) is 0 Å². The van der Waals surface area contributed by atoms with E-state index in [0.29, 0.717) is 23.3 Å². The van der Waals surface area contributed by atoms with E-state index in [1.54, 1.807) is 4.57 Å². The molecule has 3 nitrogen and oxygen atoms in total. The molecule has 2 aromatic rings. The number of benzene rings is 1. The summed E-state index contributed by atoms with van der Waals surface area (Å²) in [5, 5.41) is 0. The summed E-state index contributed by atoms with van der Waals surface area (Å²) in [6, 6.07) is 2.20. The minimum Gasteiger partial charge on any atom is -0.392 e. The molecule has 0 fully saturated rings. The van der Waals surface area contributed by atoms with Crippen LogP contribution in [0.2, 0.25) is 0 Å². The van der Waals surface area contributed by atoms with Crippen LogP contribution in [0.5, 0.6) is 0 Å². The van der Waals surface area contributed by atoms with Gasteiger partial charge in [0.25, 0.3) is 0 Å². The number of thiocarbonyl (C=S) groups is 1. The minimum absolute atomic E-state index is 0.278. The lowest BCUT2D eigenvalue weighted by Gasteiger charge is -2.06. The van der Waals surface area contributed by atoms with Gasteiger partial charge in [-0.05, 0) is 0 Å². The van der Waals surface area contributed by atoms with E-state index in [1.807, 2.05) is 6.92 Å². The Morgan fingerprint density at radius 2 is 2.06 bits per heavy atom.